The van der Waals surface area contributed by atoms with Gasteiger partial charge in [0, 0.05) is 12.6 Å². The summed E-state index contributed by atoms with van der Waals surface area (Å²) in [6.07, 6.45) is -3.74. The first-order chi connectivity index (χ1) is 9.29. The van der Waals surface area contributed by atoms with E-state index in [-0.39, 0.29) is 24.3 Å². The molecule has 0 spiro atoms. The summed E-state index contributed by atoms with van der Waals surface area (Å²) in [5, 5.41) is 2.60. The summed E-state index contributed by atoms with van der Waals surface area (Å²) in [7, 11) is 0. The summed E-state index contributed by atoms with van der Waals surface area (Å²) in [4.78, 5) is 11.4. The zero-order valence-electron chi connectivity index (χ0n) is 11.0. The average Bonchev–Trinajstić information content (AvgIpc) is 2.35. The first-order valence-corrected chi connectivity index (χ1v) is 6.11. The van der Waals surface area contributed by atoms with E-state index in [9.17, 15) is 18.0 Å². The van der Waals surface area contributed by atoms with Crippen LogP contribution in [0.15, 0.2) is 24.3 Å². The number of carbonyl (C=O) groups is 1. The van der Waals surface area contributed by atoms with Gasteiger partial charge >= 0.3 is 6.18 Å². The Kier molecular flexibility index (Phi) is 5.82. The molecule has 0 saturated heterocycles. The highest BCUT2D eigenvalue weighted by atomic mass is 19.4. The van der Waals surface area contributed by atoms with Gasteiger partial charge in [-0.3, -0.25) is 4.79 Å². The third-order valence-electron chi connectivity index (χ3n) is 2.47. The van der Waals surface area contributed by atoms with Gasteiger partial charge in [-0.25, -0.2) is 0 Å². The van der Waals surface area contributed by atoms with Crippen molar-refractivity contribution in [3.8, 4) is 5.75 Å². The Morgan fingerprint density at radius 1 is 1.35 bits per heavy atom. The zero-order chi connectivity index (χ0) is 15.2. The number of nitrogens with one attached hydrogen (secondary N) is 1. The van der Waals surface area contributed by atoms with Crippen LogP contribution in [0.4, 0.5) is 13.2 Å². The van der Waals surface area contributed by atoms with Gasteiger partial charge in [0.25, 0.3) is 5.91 Å². The first kappa shape index (κ1) is 16.3. The largest absolute Gasteiger partial charge is 0.484 e. The topological polar surface area (TPSA) is 64.3 Å². The lowest BCUT2D eigenvalue weighted by atomic mass is 10.2. The lowest BCUT2D eigenvalue weighted by molar-refractivity contribution is -0.137. The average molecular weight is 290 g/mol. The minimum Gasteiger partial charge on any atom is -0.484 e. The van der Waals surface area contributed by atoms with Gasteiger partial charge in [-0.05, 0) is 37.6 Å². The molecule has 3 N–H and O–H groups in total. The van der Waals surface area contributed by atoms with Crippen molar-refractivity contribution in [1.29, 1.82) is 0 Å². The fourth-order valence-electron chi connectivity index (χ4n) is 1.38. The standard InChI is InChI=1S/C13H17F3N2O2/c1-9(17)6-7-18-12(19)8-20-11-4-2-10(3-5-11)13(14,15)16/h2-5,9H,6-8,17H2,1H3,(H,18,19). The van der Waals surface area contributed by atoms with Crippen LogP contribution in [0.2, 0.25) is 0 Å². The highest BCUT2D eigenvalue weighted by Crippen LogP contribution is 2.30. The SMILES string of the molecule is CC(N)CCNC(=O)COc1ccc(C(F)(F)F)cc1. The number of benzene rings is 1. The van der Waals surface area contributed by atoms with Gasteiger partial charge in [-0.2, -0.15) is 13.2 Å². The van der Waals surface area contributed by atoms with Crippen LogP contribution < -0.4 is 15.8 Å². The minimum atomic E-state index is -4.38. The van der Waals surface area contributed by atoms with E-state index in [1.165, 1.54) is 12.1 Å². The number of ether oxygens (including phenoxy) is 1. The second kappa shape index (κ2) is 7.14. The van der Waals surface area contributed by atoms with E-state index in [0.717, 1.165) is 12.1 Å². The molecule has 0 aliphatic rings. The fourth-order valence-corrected chi connectivity index (χ4v) is 1.38. The van der Waals surface area contributed by atoms with Crippen LogP contribution in [-0.4, -0.2) is 25.1 Å². The molecule has 20 heavy (non-hydrogen) atoms. The smallest absolute Gasteiger partial charge is 0.416 e. The summed E-state index contributed by atoms with van der Waals surface area (Å²) in [6, 6.07) is 4.16. The maximum Gasteiger partial charge on any atom is 0.416 e. The Morgan fingerprint density at radius 2 is 1.95 bits per heavy atom. The number of rotatable bonds is 6. The number of halogens is 3. The molecule has 0 heterocycles. The quantitative estimate of drug-likeness (QED) is 0.841. The Balaban J connectivity index is 2.37. The van der Waals surface area contributed by atoms with Crippen molar-refractivity contribution in [3.05, 3.63) is 29.8 Å². The second-order valence-electron chi connectivity index (χ2n) is 4.43. The zero-order valence-corrected chi connectivity index (χ0v) is 11.0. The lowest BCUT2D eigenvalue weighted by Gasteiger charge is -2.10. The van der Waals surface area contributed by atoms with Crippen molar-refractivity contribution >= 4 is 5.91 Å². The molecule has 0 aliphatic heterocycles. The molecule has 112 valence electrons. The molecule has 1 atom stereocenters. The summed E-state index contributed by atoms with van der Waals surface area (Å²) < 4.78 is 42.1. The van der Waals surface area contributed by atoms with Gasteiger partial charge < -0.3 is 15.8 Å². The molecule has 1 aromatic carbocycles. The summed E-state index contributed by atoms with van der Waals surface area (Å²) in [5.74, 6) is -0.133. The number of hydrogen-bond acceptors (Lipinski definition) is 3. The lowest BCUT2D eigenvalue weighted by Crippen LogP contribution is -2.32. The van der Waals surface area contributed by atoms with Crippen molar-refractivity contribution in [3.63, 3.8) is 0 Å². The highest BCUT2D eigenvalue weighted by molar-refractivity contribution is 5.77. The molecular formula is C13H17F3N2O2. The monoisotopic (exact) mass is 290 g/mol. The van der Waals surface area contributed by atoms with E-state index in [4.69, 9.17) is 10.5 Å². The number of carbonyl (C=O) groups excluding carboxylic acids is 1. The van der Waals surface area contributed by atoms with Crippen LogP contribution in [0.25, 0.3) is 0 Å². The minimum absolute atomic E-state index is 0.00821. The molecular weight excluding hydrogens is 273 g/mol. The third kappa shape index (κ3) is 5.92. The van der Waals surface area contributed by atoms with Crippen molar-refractivity contribution in [2.24, 2.45) is 5.73 Å². The number of alkyl halides is 3. The Bertz CT molecular complexity index is 430. The van der Waals surface area contributed by atoms with Gasteiger partial charge in [0.1, 0.15) is 5.75 Å². The van der Waals surface area contributed by atoms with Crippen LogP contribution in [0.3, 0.4) is 0 Å². The van der Waals surface area contributed by atoms with Gasteiger partial charge in [0.15, 0.2) is 6.61 Å². The second-order valence-corrected chi connectivity index (χ2v) is 4.43. The molecule has 4 nitrogen and oxygen atoms in total. The predicted octanol–water partition coefficient (Wildman–Crippen LogP) is 1.94. The third-order valence-corrected chi connectivity index (χ3v) is 2.47. The van der Waals surface area contributed by atoms with Gasteiger partial charge in [0.2, 0.25) is 0 Å². The molecule has 0 aromatic heterocycles. The van der Waals surface area contributed by atoms with Crippen molar-refractivity contribution in [2.45, 2.75) is 25.6 Å². The van der Waals surface area contributed by atoms with E-state index < -0.39 is 11.7 Å². The molecule has 1 rings (SSSR count). The van der Waals surface area contributed by atoms with Crippen LogP contribution in [0, 0.1) is 0 Å². The molecule has 0 saturated carbocycles. The van der Waals surface area contributed by atoms with Crippen molar-refractivity contribution in [2.75, 3.05) is 13.2 Å². The van der Waals surface area contributed by atoms with E-state index in [1.807, 2.05) is 6.92 Å². The predicted molar refractivity (Wildman–Crippen MR) is 68.2 cm³/mol. The van der Waals surface area contributed by atoms with E-state index in [2.05, 4.69) is 5.32 Å². The normalized spacial score (nSPS) is 12.8. The van der Waals surface area contributed by atoms with Gasteiger partial charge in [0.05, 0.1) is 5.56 Å². The Morgan fingerprint density at radius 3 is 2.45 bits per heavy atom. The molecule has 1 unspecified atom stereocenters. The summed E-state index contributed by atoms with van der Waals surface area (Å²) in [6.45, 7) is 2.02. The molecule has 1 aromatic rings. The van der Waals surface area contributed by atoms with Crippen LogP contribution >= 0.6 is 0 Å². The first-order valence-electron chi connectivity index (χ1n) is 6.11. The van der Waals surface area contributed by atoms with Crippen LogP contribution in [0.1, 0.15) is 18.9 Å². The molecule has 0 fully saturated rings. The van der Waals surface area contributed by atoms with Crippen molar-refractivity contribution in [1.82, 2.24) is 5.32 Å². The molecule has 7 heteroatoms. The Labute approximate surface area is 115 Å². The number of amides is 1. The number of hydrogen-bond donors (Lipinski definition) is 2. The fraction of sp³-hybridized carbons (Fsp3) is 0.462. The molecule has 0 bridgehead atoms. The van der Waals surface area contributed by atoms with Gasteiger partial charge in [-0.1, -0.05) is 0 Å². The van der Waals surface area contributed by atoms with Crippen LogP contribution in [-0.2, 0) is 11.0 Å². The maximum absolute atomic E-state index is 12.3. The number of nitrogens with two attached hydrogens (primary N) is 1. The maximum atomic E-state index is 12.3. The van der Waals surface area contributed by atoms with E-state index in [0.29, 0.717) is 13.0 Å². The molecule has 1 amide bonds. The van der Waals surface area contributed by atoms with Crippen LogP contribution in [0.5, 0.6) is 5.75 Å². The summed E-state index contributed by atoms with van der Waals surface area (Å²) in [5.41, 5.74) is 4.76. The Hall–Kier alpha value is -1.76. The highest BCUT2D eigenvalue weighted by Gasteiger charge is 2.30. The van der Waals surface area contributed by atoms with Gasteiger partial charge in [-0.15, -0.1) is 0 Å². The van der Waals surface area contributed by atoms with E-state index in [1.54, 1.807) is 0 Å². The summed E-state index contributed by atoms with van der Waals surface area (Å²) >= 11 is 0. The van der Waals surface area contributed by atoms with E-state index >= 15 is 0 Å². The van der Waals surface area contributed by atoms with Crippen molar-refractivity contribution < 1.29 is 22.7 Å². The molecule has 0 aliphatic carbocycles. The molecule has 0 radical (unpaired) electrons.